The van der Waals surface area contributed by atoms with Crippen molar-refractivity contribution < 1.29 is 0 Å². The highest BCUT2D eigenvalue weighted by Gasteiger charge is 2.44. The molecule has 0 fully saturated rings. The van der Waals surface area contributed by atoms with E-state index < -0.39 is 0 Å². The molecule has 0 aromatic heterocycles. The third kappa shape index (κ3) is 6.08. The lowest BCUT2D eigenvalue weighted by atomic mass is 9.80. The van der Waals surface area contributed by atoms with E-state index in [4.69, 9.17) is 0 Å². The predicted octanol–water partition coefficient (Wildman–Crippen LogP) is 13.9. The molecule has 0 amide bonds. The molecule has 1 aliphatic carbocycles. The van der Waals surface area contributed by atoms with E-state index in [1.165, 1.54) is 56.4 Å². The SMILES string of the molecule is CC1(C)/C(=C\C=C2/CCC(/C=C/C3N(c4ccccc4)c4ccccc4C3(C)C)=C2N(c2ccccc2)c2ccccc2)N(c2ccccc2)c2ccccc21. The molecule has 3 heteroatoms. The van der Waals surface area contributed by atoms with Crippen LogP contribution < -0.4 is 14.7 Å². The van der Waals surface area contributed by atoms with Crippen molar-refractivity contribution in [3.05, 3.63) is 228 Å². The maximum Gasteiger partial charge on any atom is 0.0617 e. The van der Waals surface area contributed by atoms with Gasteiger partial charge in [-0.1, -0.05) is 155 Å². The van der Waals surface area contributed by atoms with Gasteiger partial charge in [0, 0.05) is 50.7 Å². The van der Waals surface area contributed by atoms with E-state index in [9.17, 15) is 0 Å². The molecule has 0 N–H and O–H groups in total. The van der Waals surface area contributed by atoms with Crippen molar-refractivity contribution in [1.29, 1.82) is 0 Å². The first-order chi connectivity index (χ1) is 27.3. The summed E-state index contributed by atoms with van der Waals surface area (Å²) in [5.74, 6) is 0. The monoisotopic (exact) mass is 727 g/mol. The van der Waals surface area contributed by atoms with Gasteiger partial charge in [0.15, 0.2) is 0 Å². The van der Waals surface area contributed by atoms with Crippen LogP contribution in [0.15, 0.2) is 217 Å². The highest BCUT2D eigenvalue weighted by molar-refractivity contribution is 5.81. The molecule has 0 saturated carbocycles. The van der Waals surface area contributed by atoms with Crippen LogP contribution in [-0.4, -0.2) is 6.04 Å². The number of anilines is 6. The molecule has 1 unspecified atom stereocenters. The first-order valence-electron chi connectivity index (χ1n) is 20.0. The van der Waals surface area contributed by atoms with Gasteiger partial charge in [-0.25, -0.2) is 0 Å². The maximum atomic E-state index is 2.53. The second kappa shape index (κ2) is 14.4. The zero-order valence-electron chi connectivity index (χ0n) is 32.8. The third-order valence-electron chi connectivity index (χ3n) is 12.1. The summed E-state index contributed by atoms with van der Waals surface area (Å²) in [4.78, 5) is 7.46. The van der Waals surface area contributed by atoms with E-state index in [-0.39, 0.29) is 16.9 Å². The molecule has 2 heterocycles. The summed E-state index contributed by atoms with van der Waals surface area (Å²) in [5, 5.41) is 0. The summed E-state index contributed by atoms with van der Waals surface area (Å²) in [5.41, 5.74) is 14.9. The molecule has 0 bridgehead atoms. The molecule has 6 aromatic carbocycles. The largest absolute Gasteiger partial charge is 0.333 e. The van der Waals surface area contributed by atoms with Crippen LogP contribution in [0.2, 0.25) is 0 Å². The maximum absolute atomic E-state index is 2.53. The zero-order chi connectivity index (χ0) is 38.3. The first-order valence-corrected chi connectivity index (χ1v) is 20.0. The van der Waals surface area contributed by atoms with Gasteiger partial charge in [-0.3, -0.25) is 0 Å². The number of para-hydroxylation sites is 6. The quantitative estimate of drug-likeness (QED) is 0.155. The number of hydrogen-bond acceptors (Lipinski definition) is 3. The van der Waals surface area contributed by atoms with Gasteiger partial charge in [-0.15, -0.1) is 0 Å². The van der Waals surface area contributed by atoms with Crippen molar-refractivity contribution in [2.24, 2.45) is 0 Å². The van der Waals surface area contributed by atoms with Gasteiger partial charge in [-0.2, -0.15) is 0 Å². The first kappa shape index (κ1) is 35.4. The Bertz CT molecular complexity index is 2430. The zero-order valence-corrected chi connectivity index (χ0v) is 32.8. The van der Waals surface area contributed by atoms with Crippen LogP contribution in [0.1, 0.15) is 51.7 Å². The Morgan fingerprint density at radius 3 is 1.68 bits per heavy atom. The molecule has 1 atom stereocenters. The summed E-state index contributed by atoms with van der Waals surface area (Å²) < 4.78 is 0. The van der Waals surface area contributed by atoms with Gasteiger partial charge >= 0.3 is 0 Å². The van der Waals surface area contributed by atoms with E-state index >= 15 is 0 Å². The van der Waals surface area contributed by atoms with E-state index in [1.54, 1.807) is 0 Å². The van der Waals surface area contributed by atoms with Crippen LogP contribution in [0.3, 0.4) is 0 Å². The molecule has 0 radical (unpaired) electrons. The lowest BCUT2D eigenvalue weighted by Gasteiger charge is -2.33. The Morgan fingerprint density at radius 2 is 1.05 bits per heavy atom. The normalized spacial score (nSPS) is 19.6. The smallest absolute Gasteiger partial charge is 0.0617 e. The van der Waals surface area contributed by atoms with E-state index in [1.807, 2.05) is 0 Å². The average molecular weight is 728 g/mol. The van der Waals surface area contributed by atoms with Crippen molar-refractivity contribution in [3.63, 3.8) is 0 Å². The summed E-state index contributed by atoms with van der Waals surface area (Å²) in [7, 11) is 0. The van der Waals surface area contributed by atoms with Gasteiger partial charge in [-0.05, 0) is 102 Å². The van der Waals surface area contributed by atoms with Crippen molar-refractivity contribution in [2.45, 2.75) is 57.4 Å². The second-order valence-corrected chi connectivity index (χ2v) is 16.2. The van der Waals surface area contributed by atoms with Crippen molar-refractivity contribution in [2.75, 3.05) is 14.7 Å². The Labute approximate surface area is 332 Å². The number of rotatable bonds is 8. The third-order valence-corrected chi connectivity index (χ3v) is 12.1. The fourth-order valence-corrected chi connectivity index (χ4v) is 9.23. The number of benzene rings is 6. The Hall–Kier alpha value is -6.32. The van der Waals surface area contributed by atoms with E-state index in [2.05, 4.69) is 237 Å². The van der Waals surface area contributed by atoms with Crippen molar-refractivity contribution in [3.8, 4) is 0 Å². The Kier molecular flexibility index (Phi) is 9.10. The lowest BCUT2D eigenvalue weighted by Crippen LogP contribution is -2.37. The van der Waals surface area contributed by atoms with Crippen LogP contribution in [0.25, 0.3) is 0 Å². The second-order valence-electron chi connectivity index (χ2n) is 16.2. The molecule has 276 valence electrons. The van der Waals surface area contributed by atoms with Crippen LogP contribution >= 0.6 is 0 Å². The molecule has 3 nitrogen and oxygen atoms in total. The molecular weight excluding hydrogens is 679 g/mol. The molecule has 2 aliphatic heterocycles. The number of fused-ring (bicyclic) bond motifs is 2. The van der Waals surface area contributed by atoms with Crippen LogP contribution in [0.5, 0.6) is 0 Å². The molecule has 3 aliphatic rings. The van der Waals surface area contributed by atoms with Gasteiger partial charge in [0.1, 0.15) is 0 Å². The van der Waals surface area contributed by atoms with E-state index in [0.29, 0.717) is 0 Å². The standard InChI is InChI=1S/C53H49N3/c1-52(2)45-29-17-19-31-47(45)55(43-25-13-7-14-26-43)49(52)37-35-39-33-34-40(51(39)54(41-21-9-5-10-22-41)42-23-11-6-12-24-42)36-38-50-53(3,4)46-30-18-20-32-48(46)56(50)44-27-15-8-16-28-44/h5-32,35-38,49H,33-34H2,1-4H3/b37-35+,40-36+,50-38+. The summed E-state index contributed by atoms with van der Waals surface area (Å²) in [6.07, 6.45) is 11.6. The van der Waals surface area contributed by atoms with Crippen LogP contribution in [0, 0.1) is 0 Å². The minimum atomic E-state index is -0.183. The molecule has 6 aromatic rings. The number of hydrogen-bond donors (Lipinski definition) is 0. The lowest BCUT2D eigenvalue weighted by molar-refractivity contribution is 0.495. The fraction of sp³-hybridized carbons (Fsp3) is 0.170. The molecular formula is C53H49N3. The van der Waals surface area contributed by atoms with Crippen LogP contribution in [0.4, 0.5) is 34.1 Å². The average Bonchev–Trinajstić information content (AvgIpc) is 3.82. The topological polar surface area (TPSA) is 9.72 Å². The molecule has 0 saturated heterocycles. The minimum absolute atomic E-state index is 0.103. The molecule has 0 spiro atoms. The highest BCUT2D eigenvalue weighted by Crippen LogP contribution is 2.52. The van der Waals surface area contributed by atoms with Gasteiger partial charge in [0.25, 0.3) is 0 Å². The summed E-state index contributed by atoms with van der Waals surface area (Å²) in [6, 6.07) is 61.3. The number of nitrogens with zero attached hydrogens (tertiary/aromatic N) is 3. The fourth-order valence-electron chi connectivity index (χ4n) is 9.23. The van der Waals surface area contributed by atoms with Gasteiger partial charge < -0.3 is 14.7 Å². The predicted molar refractivity (Wildman–Crippen MR) is 236 cm³/mol. The molecule has 9 rings (SSSR count). The summed E-state index contributed by atoms with van der Waals surface area (Å²) in [6.45, 7) is 9.51. The summed E-state index contributed by atoms with van der Waals surface area (Å²) >= 11 is 0. The van der Waals surface area contributed by atoms with Crippen molar-refractivity contribution in [1.82, 2.24) is 0 Å². The van der Waals surface area contributed by atoms with Crippen LogP contribution in [-0.2, 0) is 10.8 Å². The van der Waals surface area contributed by atoms with Gasteiger partial charge in [0.2, 0.25) is 0 Å². The van der Waals surface area contributed by atoms with Crippen molar-refractivity contribution >= 4 is 34.1 Å². The minimum Gasteiger partial charge on any atom is -0.333 e. The van der Waals surface area contributed by atoms with Gasteiger partial charge in [0.05, 0.1) is 11.7 Å². The molecule has 56 heavy (non-hydrogen) atoms. The Morgan fingerprint density at radius 1 is 0.536 bits per heavy atom. The Balaban J connectivity index is 1.21. The number of allylic oxidation sites excluding steroid dienone is 6. The highest BCUT2D eigenvalue weighted by atomic mass is 15.2. The van der Waals surface area contributed by atoms with E-state index in [0.717, 1.165) is 24.2 Å².